The molecule has 136 valence electrons. The summed E-state index contributed by atoms with van der Waals surface area (Å²) < 4.78 is 60.9. The van der Waals surface area contributed by atoms with Crippen LogP contribution in [0.2, 0.25) is 0 Å². The molecule has 1 aliphatic heterocycles. The Hall–Kier alpha value is -1.35. The number of hydrogen-bond acceptors (Lipinski definition) is 4. The van der Waals surface area contributed by atoms with Crippen molar-refractivity contribution in [3.8, 4) is 0 Å². The Bertz CT molecular complexity index is 783. The Morgan fingerprint density at radius 1 is 1.12 bits per heavy atom. The van der Waals surface area contributed by atoms with Gasteiger partial charge in [-0.05, 0) is 42.8 Å². The van der Waals surface area contributed by atoms with Gasteiger partial charge in [0.05, 0.1) is 0 Å². The van der Waals surface area contributed by atoms with Crippen LogP contribution in [0.5, 0.6) is 0 Å². The minimum atomic E-state index is -4.28. The molecule has 0 amide bonds. The highest BCUT2D eigenvalue weighted by Crippen LogP contribution is 2.28. The van der Waals surface area contributed by atoms with Gasteiger partial charge in [0, 0.05) is 30.7 Å². The standard InChI is InChI=1S/C17H19F2NO3S2/c18-15-4-1-5-16(19)17(15)25(21,22)20(13-7-10-23-11-8-13)9-6-14-3-2-12-24-14/h1-5,12-13H,6-11H2. The molecule has 8 heteroatoms. The molecule has 0 radical (unpaired) electrons. The lowest BCUT2D eigenvalue weighted by Crippen LogP contribution is -2.44. The zero-order valence-corrected chi connectivity index (χ0v) is 15.2. The first-order valence-electron chi connectivity index (χ1n) is 8.06. The van der Waals surface area contributed by atoms with E-state index >= 15 is 0 Å². The minimum Gasteiger partial charge on any atom is -0.381 e. The summed E-state index contributed by atoms with van der Waals surface area (Å²) in [6.07, 6.45) is 1.53. The summed E-state index contributed by atoms with van der Waals surface area (Å²) in [5, 5.41) is 1.92. The first-order valence-corrected chi connectivity index (χ1v) is 10.4. The fraction of sp³-hybridized carbons (Fsp3) is 0.412. The van der Waals surface area contributed by atoms with Crippen molar-refractivity contribution in [1.29, 1.82) is 0 Å². The second-order valence-corrected chi connectivity index (χ2v) is 8.70. The zero-order chi connectivity index (χ0) is 17.9. The van der Waals surface area contributed by atoms with Gasteiger partial charge in [0.2, 0.25) is 10.0 Å². The molecule has 25 heavy (non-hydrogen) atoms. The maximum Gasteiger partial charge on any atom is 0.249 e. The molecule has 1 fully saturated rings. The highest BCUT2D eigenvalue weighted by atomic mass is 32.2. The van der Waals surface area contributed by atoms with Crippen LogP contribution in [0.25, 0.3) is 0 Å². The van der Waals surface area contributed by atoms with Crippen LogP contribution in [0, 0.1) is 11.6 Å². The maximum atomic E-state index is 14.1. The van der Waals surface area contributed by atoms with E-state index < -0.39 is 26.6 Å². The van der Waals surface area contributed by atoms with E-state index in [1.807, 2.05) is 17.5 Å². The van der Waals surface area contributed by atoms with Crippen LogP contribution in [0.3, 0.4) is 0 Å². The van der Waals surface area contributed by atoms with Crippen LogP contribution >= 0.6 is 11.3 Å². The number of thiophene rings is 1. The highest BCUT2D eigenvalue weighted by Gasteiger charge is 2.36. The lowest BCUT2D eigenvalue weighted by Gasteiger charge is -2.33. The number of ether oxygens (including phenoxy) is 1. The van der Waals surface area contributed by atoms with Crippen LogP contribution < -0.4 is 0 Å². The Balaban J connectivity index is 1.94. The van der Waals surface area contributed by atoms with Crippen molar-refractivity contribution < 1.29 is 21.9 Å². The monoisotopic (exact) mass is 387 g/mol. The summed E-state index contributed by atoms with van der Waals surface area (Å²) in [5.41, 5.74) is 0. The van der Waals surface area contributed by atoms with Crippen molar-refractivity contribution in [2.75, 3.05) is 19.8 Å². The quantitative estimate of drug-likeness (QED) is 0.763. The first kappa shape index (κ1) is 18.4. The van der Waals surface area contributed by atoms with E-state index in [9.17, 15) is 17.2 Å². The highest BCUT2D eigenvalue weighted by molar-refractivity contribution is 7.89. The van der Waals surface area contributed by atoms with Gasteiger partial charge >= 0.3 is 0 Å². The molecule has 0 saturated carbocycles. The number of hydrogen-bond donors (Lipinski definition) is 0. The zero-order valence-electron chi connectivity index (χ0n) is 13.5. The predicted molar refractivity (Wildman–Crippen MR) is 92.1 cm³/mol. The van der Waals surface area contributed by atoms with Gasteiger partial charge in [0.25, 0.3) is 0 Å². The summed E-state index contributed by atoms with van der Waals surface area (Å²) in [5.74, 6) is -2.12. The number of sulfonamides is 1. The Morgan fingerprint density at radius 3 is 2.40 bits per heavy atom. The lowest BCUT2D eigenvalue weighted by molar-refractivity contribution is 0.0586. The molecular formula is C17H19F2NO3S2. The average Bonchev–Trinajstić information content (AvgIpc) is 3.09. The molecule has 0 unspecified atom stereocenters. The van der Waals surface area contributed by atoms with Gasteiger partial charge in [-0.2, -0.15) is 4.31 Å². The largest absolute Gasteiger partial charge is 0.381 e. The van der Waals surface area contributed by atoms with E-state index in [0.29, 0.717) is 32.5 Å². The predicted octanol–water partition coefficient (Wildman–Crippen LogP) is 3.44. The molecule has 0 N–H and O–H groups in total. The smallest absolute Gasteiger partial charge is 0.249 e. The maximum absolute atomic E-state index is 14.1. The fourth-order valence-corrected chi connectivity index (χ4v) is 5.49. The molecule has 0 aliphatic carbocycles. The molecule has 1 saturated heterocycles. The van der Waals surface area contributed by atoms with E-state index in [0.717, 1.165) is 23.1 Å². The van der Waals surface area contributed by atoms with Crippen molar-refractivity contribution in [2.45, 2.75) is 30.2 Å². The number of nitrogens with zero attached hydrogens (tertiary/aromatic N) is 1. The topological polar surface area (TPSA) is 46.6 Å². The molecular weight excluding hydrogens is 368 g/mol. The second-order valence-electron chi connectivity index (χ2n) is 5.84. The number of halogens is 2. The van der Waals surface area contributed by atoms with Gasteiger partial charge in [0.1, 0.15) is 11.6 Å². The molecule has 0 atom stereocenters. The minimum absolute atomic E-state index is 0.182. The van der Waals surface area contributed by atoms with Crippen molar-refractivity contribution >= 4 is 21.4 Å². The molecule has 4 nitrogen and oxygen atoms in total. The van der Waals surface area contributed by atoms with Crippen LogP contribution in [-0.2, 0) is 21.2 Å². The van der Waals surface area contributed by atoms with Gasteiger partial charge in [0.15, 0.2) is 4.90 Å². The normalized spacial score (nSPS) is 16.4. The third kappa shape index (κ3) is 4.08. The van der Waals surface area contributed by atoms with Gasteiger partial charge in [-0.25, -0.2) is 17.2 Å². The number of rotatable bonds is 6. The number of benzene rings is 1. The molecule has 1 aromatic heterocycles. The van der Waals surface area contributed by atoms with Gasteiger partial charge < -0.3 is 4.74 Å². The van der Waals surface area contributed by atoms with E-state index in [4.69, 9.17) is 4.74 Å². The Morgan fingerprint density at radius 2 is 1.80 bits per heavy atom. The third-order valence-electron chi connectivity index (χ3n) is 4.24. The molecule has 1 aliphatic rings. The molecule has 3 rings (SSSR count). The van der Waals surface area contributed by atoms with E-state index in [1.54, 1.807) is 0 Å². The summed E-state index contributed by atoms with van der Waals surface area (Å²) >= 11 is 1.53. The van der Waals surface area contributed by atoms with Gasteiger partial charge in [-0.3, -0.25) is 0 Å². The summed E-state index contributed by atoms with van der Waals surface area (Å²) in [6, 6.07) is 6.59. The Kier molecular flexibility index (Phi) is 5.83. The SMILES string of the molecule is O=S(=O)(c1c(F)cccc1F)N(CCc1cccs1)C1CCOCC1. The third-order valence-corrected chi connectivity index (χ3v) is 7.18. The average molecular weight is 387 g/mol. The second kappa shape index (κ2) is 7.90. The summed E-state index contributed by atoms with van der Waals surface area (Å²) in [4.78, 5) is 0.161. The van der Waals surface area contributed by atoms with Crippen LogP contribution in [0.1, 0.15) is 17.7 Å². The lowest BCUT2D eigenvalue weighted by atomic mass is 10.1. The van der Waals surface area contributed by atoms with Crippen molar-refractivity contribution in [1.82, 2.24) is 4.31 Å². The molecule has 2 aromatic rings. The molecule has 0 bridgehead atoms. The molecule has 2 heterocycles. The van der Waals surface area contributed by atoms with E-state index in [1.165, 1.54) is 15.6 Å². The first-order chi connectivity index (χ1) is 12.0. The van der Waals surface area contributed by atoms with Crippen molar-refractivity contribution in [3.63, 3.8) is 0 Å². The fourth-order valence-electron chi connectivity index (χ4n) is 2.99. The molecule has 1 aromatic carbocycles. The summed E-state index contributed by atoms with van der Waals surface area (Å²) in [7, 11) is -4.28. The Labute approximate surface area is 150 Å². The van der Waals surface area contributed by atoms with Crippen LogP contribution in [0.15, 0.2) is 40.6 Å². The van der Waals surface area contributed by atoms with Gasteiger partial charge in [-0.15, -0.1) is 11.3 Å². The van der Waals surface area contributed by atoms with Crippen molar-refractivity contribution in [3.05, 3.63) is 52.2 Å². The van der Waals surface area contributed by atoms with Crippen LogP contribution in [-0.4, -0.2) is 38.5 Å². The van der Waals surface area contributed by atoms with Crippen molar-refractivity contribution in [2.24, 2.45) is 0 Å². The summed E-state index contributed by atoms with van der Waals surface area (Å²) in [6.45, 7) is 1.06. The van der Waals surface area contributed by atoms with Gasteiger partial charge in [-0.1, -0.05) is 12.1 Å². The van der Waals surface area contributed by atoms with E-state index in [2.05, 4.69) is 0 Å². The van der Waals surface area contributed by atoms with Crippen LogP contribution in [0.4, 0.5) is 8.78 Å². The van der Waals surface area contributed by atoms with E-state index in [-0.39, 0.29) is 12.6 Å². The molecule has 0 spiro atoms.